The predicted octanol–water partition coefficient (Wildman–Crippen LogP) is 2.37. The molecule has 0 spiro atoms. The van der Waals surface area contributed by atoms with Gasteiger partial charge in [0.05, 0.1) is 35.6 Å². The summed E-state index contributed by atoms with van der Waals surface area (Å²) in [5.74, 6) is -1.19. The van der Waals surface area contributed by atoms with Gasteiger partial charge in [-0.3, -0.25) is 9.59 Å². The molecular weight excluding hydrogens is 339 g/mol. The molecule has 3 aromatic rings. The Morgan fingerprint density at radius 2 is 2.12 bits per heavy atom. The van der Waals surface area contributed by atoms with E-state index in [-0.39, 0.29) is 33.1 Å². The zero-order valence-electron chi connectivity index (χ0n) is 12.3. The highest BCUT2D eigenvalue weighted by atomic mass is 35.5. The van der Waals surface area contributed by atoms with E-state index in [1.54, 1.807) is 0 Å². The van der Waals surface area contributed by atoms with Crippen molar-refractivity contribution in [3.05, 3.63) is 57.5 Å². The van der Waals surface area contributed by atoms with Crippen LogP contribution in [0, 0.1) is 5.82 Å². The van der Waals surface area contributed by atoms with Gasteiger partial charge in [0.15, 0.2) is 0 Å². The molecule has 122 valence electrons. The summed E-state index contributed by atoms with van der Waals surface area (Å²) in [4.78, 5) is 34.1. The third-order valence-corrected chi connectivity index (χ3v) is 3.51. The number of benzene rings is 1. The first-order chi connectivity index (χ1) is 11.5. The summed E-state index contributed by atoms with van der Waals surface area (Å²) < 4.78 is 19.0. The van der Waals surface area contributed by atoms with Gasteiger partial charge in [-0.05, 0) is 12.1 Å². The Balaban J connectivity index is 1.96. The predicted molar refractivity (Wildman–Crippen MR) is 86.1 cm³/mol. The van der Waals surface area contributed by atoms with Crippen LogP contribution in [-0.4, -0.2) is 28.0 Å². The van der Waals surface area contributed by atoms with Crippen LogP contribution in [0.15, 0.2) is 35.5 Å². The maximum absolute atomic E-state index is 14.1. The van der Waals surface area contributed by atoms with E-state index >= 15 is 0 Å². The van der Waals surface area contributed by atoms with Crippen LogP contribution in [0.5, 0.6) is 5.88 Å². The second kappa shape index (κ2) is 6.25. The van der Waals surface area contributed by atoms with Crippen LogP contribution >= 0.6 is 11.6 Å². The number of rotatable bonds is 3. The minimum Gasteiger partial charge on any atom is -0.480 e. The summed E-state index contributed by atoms with van der Waals surface area (Å²) in [5, 5.41) is 2.67. The molecule has 0 radical (unpaired) electrons. The molecule has 0 aliphatic rings. The zero-order valence-corrected chi connectivity index (χ0v) is 13.0. The first kappa shape index (κ1) is 15.9. The molecule has 0 bridgehead atoms. The maximum Gasteiger partial charge on any atom is 0.258 e. The lowest BCUT2D eigenvalue weighted by Gasteiger charge is -2.08. The van der Waals surface area contributed by atoms with Crippen molar-refractivity contribution in [2.75, 3.05) is 12.4 Å². The molecule has 24 heavy (non-hydrogen) atoms. The Hall–Kier alpha value is -3.00. The van der Waals surface area contributed by atoms with Crippen LogP contribution in [0.25, 0.3) is 10.9 Å². The number of anilines is 1. The smallest absolute Gasteiger partial charge is 0.258 e. The van der Waals surface area contributed by atoms with Crippen molar-refractivity contribution in [1.29, 1.82) is 0 Å². The summed E-state index contributed by atoms with van der Waals surface area (Å²) in [6.45, 7) is 0. The molecule has 9 heteroatoms. The van der Waals surface area contributed by atoms with Crippen LogP contribution < -0.4 is 15.6 Å². The van der Waals surface area contributed by atoms with Gasteiger partial charge in [0.1, 0.15) is 10.8 Å². The van der Waals surface area contributed by atoms with Crippen LogP contribution in [0.1, 0.15) is 10.4 Å². The Kier molecular flexibility index (Phi) is 4.13. The lowest BCUT2D eigenvalue weighted by Crippen LogP contribution is -2.15. The number of ether oxygens (including phenoxy) is 1. The molecule has 0 aliphatic heterocycles. The van der Waals surface area contributed by atoms with Crippen molar-refractivity contribution >= 4 is 34.1 Å². The average Bonchev–Trinajstić information content (AvgIpc) is 2.56. The summed E-state index contributed by atoms with van der Waals surface area (Å²) in [5.41, 5.74) is -0.300. The van der Waals surface area contributed by atoms with Gasteiger partial charge in [-0.1, -0.05) is 11.6 Å². The average molecular weight is 349 g/mol. The van der Waals surface area contributed by atoms with E-state index in [0.717, 1.165) is 6.07 Å². The minimum atomic E-state index is -0.721. The number of pyridine rings is 1. The van der Waals surface area contributed by atoms with Crippen molar-refractivity contribution in [2.24, 2.45) is 0 Å². The lowest BCUT2D eigenvalue weighted by molar-refractivity contribution is 0.102. The monoisotopic (exact) mass is 348 g/mol. The number of carbonyl (C=O) groups excluding carboxylic acids is 1. The van der Waals surface area contributed by atoms with Gasteiger partial charge in [-0.25, -0.2) is 14.4 Å². The van der Waals surface area contributed by atoms with Gasteiger partial charge < -0.3 is 15.0 Å². The van der Waals surface area contributed by atoms with Crippen LogP contribution in [0.3, 0.4) is 0 Å². The number of aromatic amines is 1. The molecule has 0 unspecified atom stereocenters. The number of aromatic nitrogens is 3. The topological polar surface area (TPSA) is 97.0 Å². The van der Waals surface area contributed by atoms with Gasteiger partial charge in [-0.2, -0.15) is 0 Å². The molecule has 0 saturated heterocycles. The molecule has 0 fully saturated rings. The van der Waals surface area contributed by atoms with E-state index in [0.29, 0.717) is 0 Å². The number of hydrogen-bond donors (Lipinski definition) is 2. The Morgan fingerprint density at radius 3 is 2.83 bits per heavy atom. The molecule has 2 heterocycles. The number of halogens is 2. The number of nitrogens with one attached hydrogen (secondary N) is 2. The molecule has 0 saturated carbocycles. The first-order valence-electron chi connectivity index (χ1n) is 6.67. The first-order valence-corrected chi connectivity index (χ1v) is 7.05. The fraction of sp³-hybridized carbons (Fsp3) is 0.0667. The van der Waals surface area contributed by atoms with E-state index in [1.165, 1.54) is 31.8 Å². The van der Waals surface area contributed by atoms with Crippen molar-refractivity contribution in [1.82, 2.24) is 15.0 Å². The number of nitrogens with zero attached hydrogens (tertiary/aromatic N) is 2. The largest absolute Gasteiger partial charge is 0.480 e. The molecule has 0 aliphatic carbocycles. The number of carbonyl (C=O) groups is 1. The summed E-state index contributed by atoms with van der Waals surface area (Å²) >= 11 is 5.91. The number of fused-ring (bicyclic) bond motifs is 1. The van der Waals surface area contributed by atoms with Crippen molar-refractivity contribution in [3.63, 3.8) is 0 Å². The number of H-pyrrole nitrogens is 1. The third kappa shape index (κ3) is 2.91. The van der Waals surface area contributed by atoms with Crippen molar-refractivity contribution < 1.29 is 13.9 Å². The second-order valence-electron chi connectivity index (χ2n) is 4.75. The van der Waals surface area contributed by atoms with Crippen LogP contribution in [0.4, 0.5) is 10.1 Å². The fourth-order valence-electron chi connectivity index (χ4n) is 2.08. The quantitative estimate of drug-likeness (QED) is 0.757. The SMILES string of the molecule is COc1ncc(C(=O)Nc2cc3c(=O)[nH]cnc3cc2F)cc1Cl. The standard InChI is InChI=1S/C15H10ClFN4O3/c1-24-15-9(16)2-7(5-18-15)13(22)21-12-3-8-11(4-10(12)17)19-6-20-14(8)23/h2-6H,1H3,(H,21,22)(H,19,20,23). The minimum absolute atomic E-state index is 0.111. The zero-order chi connectivity index (χ0) is 17.3. The molecule has 1 amide bonds. The van der Waals surface area contributed by atoms with Gasteiger partial charge >= 0.3 is 0 Å². The Bertz CT molecular complexity index is 1010. The summed E-state index contributed by atoms with van der Waals surface area (Å²) in [7, 11) is 1.39. The summed E-state index contributed by atoms with van der Waals surface area (Å²) in [6.07, 6.45) is 2.42. The normalized spacial score (nSPS) is 10.6. The van der Waals surface area contributed by atoms with E-state index in [9.17, 15) is 14.0 Å². The number of amides is 1. The number of methoxy groups -OCH3 is 1. The van der Waals surface area contributed by atoms with Gasteiger partial charge in [0, 0.05) is 12.3 Å². The van der Waals surface area contributed by atoms with E-state index < -0.39 is 17.3 Å². The molecular formula is C15H10ClFN4O3. The van der Waals surface area contributed by atoms with Gasteiger partial charge in [-0.15, -0.1) is 0 Å². The molecule has 7 nitrogen and oxygen atoms in total. The van der Waals surface area contributed by atoms with Crippen molar-refractivity contribution in [2.45, 2.75) is 0 Å². The van der Waals surface area contributed by atoms with E-state index in [1.807, 2.05) is 0 Å². The van der Waals surface area contributed by atoms with Crippen molar-refractivity contribution in [3.8, 4) is 5.88 Å². The summed E-state index contributed by atoms with van der Waals surface area (Å²) in [6, 6.07) is 3.63. The highest BCUT2D eigenvalue weighted by Crippen LogP contribution is 2.23. The Labute approximate surface area is 139 Å². The lowest BCUT2D eigenvalue weighted by atomic mass is 10.2. The highest BCUT2D eigenvalue weighted by molar-refractivity contribution is 6.32. The molecule has 3 rings (SSSR count). The third-order valence-electron chi connectivity index (χ3n) is 3.24. The second-order valence-corrected chi connectivity index (χ2v) is 5.16. The fourth-order valence-corrected chi connectivity index (χ4v) is 2.32. The van der Waals surface area contributed by atoms with Gasteiger partial charge in [0.2, 0.25) is 5.88 Å². The van der Waals surface area contributed by atoms with Crippen LogP contribution in [-0.2, 0) is 0 Å². The number of hydrogen-bond acceptors (Lipinski definition) is 5. The maximum atomic E-state index is 14.1. The molecule has 0 atom stereocenters. The molecule has 2 N–H and O–H groups in total. The van der Waals surface area contributed by atoms with E-state index in [4.69, 9.17) is 16.3 Å². The molecule has 2 aromatic heterocycles. The van der Waals surface area contributed by atoms with E-state index in [2.05, 4.69) is 20.3 Å². The van der Waals surface area contributed by atoms with Crippen LogP contribution in [0.2, 0.25) is 5.02 Å². The molecule has 1 aromatic carbocycles. The highest BCUT2D eigenvalue weighted by Gasteiger charge is 2.14. The Morgan fingerprint density at radius 1 is 1.33 bits per heavy atom. The van der Waals surface area contributed by atoms with Gasteiger partial charge in [0.25, 0.3) is 11.5 Å².